The van der Waals surface area contributed by atoms with E-state index in [2.05, 4.69) is 100 Å². The minimum atomic E-state index is 1.01. The zero-order chi connectivity index (χ0) is 20.5. The first-order valence-corrected chi connectivity index (χ1v) is 10.4. The normalized spacial score (nSPS) is 12.0. The van der Waals surface area contributed by atoms with Gasteiger partial charge < -0.3 is 9.13 Å². The van der Waals surface area contributed by atoms with Crippen LogP contribution in [0.4, 0.5) is 0 Å². The predicted octanol–water partition coefficient (Wildman–Crippen LogP) is 6.32. The number of aromatic nitrogens is 4. The minimum Gasteiger partial charge on any atom is -0.342 e. The van der Waals surface area contributed by atoms with Crippen molar-refractivity contribution in [1.29, 1.82) is 0 Å². The van der Waals surface area contributed by atoms with Crippen LogP contribution < -0.4 is 0 Å². The van der Waals surface area contributed by atoms with Crippen molar-refractivity contribution in [2.45, 2.75) is 0 Å². The van der Waals surface area contributed by atoms with Crippen molar-refractivity contribution in [3.63, 3.8) is 0 Å². The molecule has 0 saturated carbocycles. The molecule has 7 rings (SSSR count). The molecular formula is C27H18N4. The lowest BCUT2D eigenvalue weighted by atomic mass is 10.1. The molecule has 0 atom stereocenters. The first-order chi connectivity index (χ1) is 15.3. The van der Waals surface area contributed by atoms with Gasteiger partial charge in [-0.1, -0.05) is 54.6 Å². The van der Waals surface area contributed by atoms with E-state index in [1.165, 1.54) is 27.1 Å². The summed E-state index contributed by atoms with van der Waals surface area (Å²) < 4.78 is 4.61. The summed E-state index contributed by atoms with van der Waals surface area (Å²) >= 11 is 0. The fourth-order valence-corrected chi connectivity index (χ4v) is 5.08. The highest BCUT2D eigenvalue weighted by Gasteiger charge is 2.25. The van der Waals surface area contributed by atoms with Gasteiger partial charge in [-0.2, -0.15) is 0 Å². The molecule has 3 aromatic carbocycles. The van der Waals surface area contributed by atoms with Crippen molar-refractivity contribution in [3.8, 4) is 17.1 Å². The van der Waals surface area contributed by atoms with E-state index in [4.69, 9.17) is 4.98 Å². The Hall–Kier alpha value is -4.18. The molecule has 0 saturated heterocycles. The van der Waals surface area contributed by atoms with Crippen LogP contribution >= 0.6 is 0 Å². The minimum absolute atomic E-state index is 1.01. The third-order valence-corrected chi connectivity index (χ3v) is 6.40. The number of rotatable bonds is 1. The van der Waals surface area contributed by atoms with Crippen LogP contribution in [-0.4, -0.2) is 19.1 Å². The number of benzene rings is 3. The number of hydrogen-bond acceptors (Lipinski definition) is 2. The van der Waals surface area contributed by atoms with Gasteiger partial charge in [-0.25, -0.2) is 4.98 Å². The number of para-hydroxylation sites is 3. The Morgan fingerprint density at radius 3 is 2.19 bits per heavy atom. The second-order valence-electron chi connectivity index (χ2n) is 8.00. The Kier molecular flexibility index (Phi) is 3.17. The SMILES string of the molecule is Cn1c2c3ccccc3nc-2c(-n2c3ccccc3c3ccncc32)c2ccccc21. The monoisotopic (exact) mass is 398 g/mol. The van der Waals surface area contributed by atoms with Gasteiger partial charge in [0.15, 0.2) is 0 Å². The lowest BCUT2D eigenvalue weighted by Gasteiger charge is -2.19. The number of pyridine rings is 2. The van der Waals surface area contributed by atoms with Crippen molar-refractivity contribution >= 4 is 43.6 Å². The van der Waals surface area contributed by atoms with Crippen LogP contribution in [0.5, 0.6) is 0 Å². The van der Waals surface area contributed by atoms with Crippen molar-refractivity contribution in [3.05, 3.63) is 91.3 Å². The molecule has 2 aromatic heterocycles. The van der Waals surface area contributed by atoms with Crippen LogP contribution in [0.1, 0.15) is 0 Å². The molecule has 0 aliphatic carbocycles. The molecule has 31 heavy (non-hydrogen) atoms. The quantitative estimate of drug-likeness (QED) is 0.324. The topological polar surface area (TPSA) is 35.6 Å². The fourth-order valence-electron chi connectivity index (χ4n) is 5.08. The summed E-state index contributed by atoms with van der Waals surface area (Å²) in [6, 6.07) is 27.7. The van der Waals surface area contributed by atoms with Crippen LogP contribution in [0.2, 0.25) is 0 Å². The van der Waals surface area contributed by atoms with Gasteiger partial charge in [0.25, 0.3) is 0 Å². The number of nitrogens with zero attached hydrogens (tertiary/aromatic N) is 4. The van der Waals surface area contributed by atoms with E-state index in [9.17, 15) is 0 Å². The van der Waals surface area contributed by atoms with Crippen LogP contribution in [-0.2, 0) is 7.05 Å². The maximum Gasteiger partial charge on any atom is 0.113 e. The fraction of sp³-hybridized carbons (Fsp3) is 0.0370. The molecule has 2 aliphatic rings. The third kappa shape index (κ3) is 2.09. The Morgan fingerprint density at radius 1 is 0.645 bits per heavy atom. The average Bonchev–Trinajstić information content (AvgIpc) is 3.36. The number of hydrogen-bond donors (Lipinski definition) is 0. The molecule has 0 bridgehead atoms. The Bertz CT molecular complexity index is 1700. The largest absolute Gasteiger partial charge is 0.342 e. The van der Waals surface area contributed by atoms with Crippen LogP contribution in [0.15, 0.2) is 91.3 Å². The number of fused-ring (bicyclic) bond motifs is 7. The molecule has 5 aromatic rings. The average molecular weight is 398 g/mol. The zero-order valence-electron chi connectivity index (χ0n) is 16.9. The predicted molar refractivity (Wildman–Crippen MR) is 127 cm³/mol. The van der Waals surface area contributed by atoms with Crippen LogP contribution in [0.3, 0.4) is 0 Å². The van der Waals surface area contributed by atoms with E-state index >= 15 is 0 Å². The maximum absolute atomic E-state index is 5.13. The third-order valence-electron chi connectivity index (χ3n) is 6.40. The molecule has 146 valence electrons. The van der Waals surface area contributed by atoms with Crippen molar-refractivity contribution in [2.75, 3.05) is 0 Å². The summed E-state index contributed by atoms with van der Waals surface area (Å²) in [4.78, 5) is 9.60. The van der Waals surface area contributed by atoms with Gasteiger partial charge in [-0.05, 0) is 24.3 Å². The van der Waals surface area contributed by atoms with E-state index < -0.39 is 0 Å². The Labute approximate surface area is 178 Å². The summed E-state index contributed by atoms with van der Waals surface area (Å²) in [5.41, 5.74) is 7.72. The Morgan fingerprint density at radius 2 is 1.32 bits per heavy atom. The first kappa shape index (κ1) is 16.6. The van der Waals surface area contributed by atoms with E-state index in [0.717, 1.165) is 33.6 Å². The highest BCUT2D eigenvalue weighted by molar-refractivity contribution is 6.13. The molecule has 4 heterocycles. The zero-order valence-corrected chi connectivity index (χ0v) is 16.9. The lowest BCUT2D eigenvalue weighted by molar-refractivity contribution is 0.960. The van der Waals surface area contributed by atoms with Gasteiger partial charge in [0, 0.05) is 34.8 Å². The van der Waals surface area contributed by atoms with Gasteiger partial charge in [0.05, 0.1) is 39.6 Å². The molecule has 0 unspecified atom stereocenters. The summed E-state index contributed by atoms with van der Waals surface area (Å²) in [7, 11) is 2.13. The second kappa shape index (κ2) is 5.92. The second-order valence-corrected chi connectivity index (χ2v) is 8.00. The number of aryl methyl sites for hydroxylation is 1. The molecule has 0 amide bonds. The van der Waals surface area contributed by atoms with Gasteiger partial charge in [-0.3, -0.25) is 4.98 Å². The molecule has 4 nitrogen and oxygen atoms in total. The highest BCUT2D eigenvalue weighted by atomic mass is 15.1. The van der Waals surface area contributed by atoms with Gasteiger partial charge in [-0.15, -0.1) is 0 Å². The molecule has 0 fully saturated rings. The summed E-state index contributed by atoms with van der Waals surface area (Å²) in [5.74, 6) is 0. The van der Waals surface area contributed by atoms with Crippen molar-refractivity contribution in [1.82, 2.24) is 19.1 Å². The highest BCUT2D eigenvalue weighted by Crippen LogP contribution is 2.43. The van der Waals surface area contributed by atoms with E-state index in [1.807, 2.05) is 12.4 Å². The standard InChI is InChI=1S/C27H18N4/c1-30-22-12-6-4-10-20(22)27(25-26(30)19-9-2-5-11-21(19)29-25)31-23-13-7-3-8-17(23)18-14-15-28-16-24(18)31/h2-16H,1H3. The molecule has 0 N–H and O–H groups in total. The summed E-state index contributed by atoms with van der Waals surface area (Å²) in [6.45, 7) is 0. The smallest absolute Gasteiger partial charge is 0.113 e. The van der Waals surface area contributed by atoms with Gasteiger partial charge in [0.1, 0.15) is 5.69 Å². The molecule has 0 radical (unpaired) electrons. The molecule has 4 heteroatoms. The molecule has 2 aliphatic heterocycles. The lowest BCUT2D eigenvalue weighted by Crippen LogP contribution is -2.06. The maximum atomic E-state index is 5.13. The van der Waals surface area contributed by atoms with E-state index in [0.29, 0.717) is 0 Å². The summed E-state index contributed by atoms with van der Waals surface area (Å²) in [5, 5.41) is 4.77. The first-order valence-electron chi connectivity index (χ1n) is 10.4. The van der Waals surface area contributed by atoms with E-state index in [-0.39, 0.29) is 0 Å². The summed E-state index contributed by atoms with van der Waals surface area (Å²) in [6.07, 6.45) is 3.83. The van der Waals surface area contributed by atoms with Crippen LogP contribution in [0, 0.1) is 0 Å². The van der Waals surface area contributed by atoms with Crippen molar-refractivity contribution < 1.29 is 0 Å². The molecular weight excluding hydrogens is 380 g/mol. The molecule has 0 spiro atoms. The van der Waals surface area contributed by atoms with Crippen LogP contribution in [0.25, 0.3) is 60.7 Å². The van der Waals surface area contributed by atoms with Gasteiger partial charge >= 0.3 is 0 Å². The van der Waals surface area contributed by atoms with Crippen molar-refractivity contribution in [2.24, 2.45) is 7.05 Å². The van der Waals surface area contributed by atoms with E-state index in [1.54, 1.807) is 0 Å². The van der Waals surface area contributed by atoms with Gasteiger partial charge in [0.2, 0.25) is 0 Å². The Balaban J connectivity index is 1.80.